The van der Waals surface area contributed by atoms with Crippen LogP contribution in [0.15, 0.2) is 66.7 Å². The Kier molecular flexibility index (Phi) is 3.56. The van der Waals surface area contributed by atoms with Gasteiger partial charge in [0.25, 0.3) is 0 Å². The van der Waals surface area contributed by atoms with E-state index in [1.54, 1.807) is 0 Å². The Morgan fingerprint density at radius 3 is 2.43 bits per heavy atom. The average molecular weight is 276 g/mol. The molecule has 21 heavy (non-hydrogen) atoms. The molecular formula is C18H16N2O. The van der Waals surface area contributed by atoms with Crippen LogP contribution in [0.5, 0.6) is 5.75 Å². The lowest BCUT2D eigenvalue weighted by Crippen LogP contribution is -2.14. The summed E-state index contributed by atoms with van der Waals surface area (Å²) in [6.45, 7) is 0.397. The summed E-state index contributed by atoms with van der Waals surface area (Å²) in [6.07, 6.45) is 0. The third-order valence-corrected chi connectivity index (χ3v) is 3.42. The van der Waals surface area contributed by atoms with Crippen LogP contribution in [0.25, 0.3) is 10.8 Å². The van der Waals surface area contributed by atoms with E-state index in [1.165, 1.54) is 5.39 Å². The van der Waals surface area contributed by atoms with E-state index in [4.69, 9.17) is 15.9 Å². The smallest absolute Gasteiger partial charge is 0.123 e. The standard InChI is InChI=1S/C18H16N2O/c19-18(20)17-8-4-3-7-15(17)12-21-16-10-9-13-5-1-2-6-14(13)11-16/h1-11H,12H2,(H3,19,20). The van der Waals surface area contributed by atoms with Crippen molar-refractivity contribution in [3.8, 4) is 5.75 Å². The lowest BCUT2D eigenvalue weighted by molar-refractivity contribution is 0.306. The van der Waals surface area contributed by atoms with Gasteiger partial charge in [-0.15, -0.1) is 0 Å². The molecule has 3 heteroatoms. The summed E-state index contributed by atoms with van der Waals surface area (Å²) < 4.78 is 5.84. The van der Waals surface area contributed by atoms with Crippen molar-refractivity contribution in [1.29, 1.82) is 5.41 Å². The Bertz CT molecular complexity index is 796. The number of nitrogens with two attached hydrogens (primary N) is 1. The number of hydrogen-bond acceptors (Lipinski definition) is 2. The summed E-state index contributed by atoms with van der Waals surface area (Å²) in [4.78, 5) is 0. The van der Waals surface area contributed by atoms with Crippen molar-refractivity contribution in [2.45, 2.75) is 6.61 Å². The fourth-order valence-electron chi connectivity index (χ4n) is 2.33. The molecule has 3 aromatic rings. The van der Waals surface area contributed by atoms with Gasteiger partial charge in [-0.1, -0.05) is 54.6 Å². The number of ether oxygens (including phenoxy) is 1. The van der Waals surface area contributed by atoms with Crippen LogP contribution < -0.4 is 10.5 Å². The average Bonchev–Trinajstić information content (AvgIpc) is 2.53. The summed E-state index contributed by atoms with van der Waals surface area (Å²) >= 11 is 0. The molecule has 0 saturated carbocycles. The quantitative estimate of drug-likeness (QED) is 0.564. The van der Waals surface area contributed by atoms with Crippen molar-refractivity contribution in [3.63, 3.8) is 0 Å². The zero-order valence-electron chi connectivity index (χ0n) is 11.5. The Balaban J connectivity index is 1.82. The minimum Gasteiger partial charge on any atom is -0.489 e. The van der Waals surface area contributed by atoms with Crippen LogP contribution in [0.1, 0.15) is 11.1 Å². The molecular weight excluding hydrogens is 260 g/mol. The summed E-state index contributed by atoms with van der Waals surface area (Å²) in [5.41, 5.74) is 7.22. The number of fused-ring (bicyclic) bond motifs is 1. The van der Waals surface area contributed by atoms with Gasteiger partial charge in [0, 0.05) is 11.1 Å². The van der Waals surface area contributed by atoms with Crippen LogP contribution in [0, 0.1) is 5.41 Å². The molecule has 0 radical (unpaired) electrons. The molecule has 0 amide bonds. The molecule has 0 aliphatic heterocycles. The predicted molar refractivity (Wildman–Crippen MR) is 85.7 cm³/mol. The van der Waals surface area contributed by atoms with E-state index >= 15 is 0 Å². The maximum atomic E-state index is 7.59. The largest absolute Gasteiger partial charge is 0.489 e. The molecule has 0 heterocycles. The molecule has 0 saturated heterocycles. The zero-order valence-corrected chi connectivity index (χ0v) is 11.5. The lowest BCUT2D eigenvalue weighted by Gasteiger charge is -2.10. The highest BCUT2D eigenvalue weighted by atomic mass is 16.5. The number of nitrogens with one attached hydrogen (secondary N) is 1. The zero-order chi connectivity index (χ0) is 14.7. The van der Waals surface area contributed by atoms with E-state index < -0.39 is 0 Å². The number of rotatable bonds is 4. The van der Waals surface area contributed by atoms with Gasteiger partial charge in [0.15, 0.2) is 0 Å². The molecule has 3 aromatic carbocycles. The highest BCUT2D eigenvalue weighted by Gasteiger charge is 2.05. The minimum absolute atomic E-state index is 0.0627. The van der Waals surface area contributed by atoms with Crippen molar-refractivity contribution in [2.75, 3.05) is 0 Å². The first-order chi connectivity index (χ1) is 10.2. The first kappa shape index (κ1) is 13.2. The van der Waals surface area contributed by atoms with E-state index in [0.717, 1.165) is 22.3 Å². The highest BCUT2D eigenvalue weighted by Crippen LogP contribution is 2.21. The van der Waals surface area contributed by atoms with Gasteiger partial charge in [0.2, 0.25) is 0 Å². The van der Waals surface area contributed by atoms with Crippen molar-refractivity contribution in [3.05, 3.63) is 77.9 Å². The Labute approximate surface area is 123 Å². The number of amidine groups is 1. The van der Waals surface area contributed by atoms with E-state index in [9.17, 15) is 0 Å². The van der Waals surface area contributed by atoms with Gasteiger partial charge in [-0.25, -0.2) is 0 Å². The molecule has 0 bridgehead atoms. The molecule has 3 rings (SSSR count). The van der Waals surface area contributed by atoms with Crippen LogP contribution in [-0.4, -0.2) is 5.84 Å². The molecule has 0 fully saturated rings. The fraction of sp³-hybridized carbons (Fsp3) is 0.0556. The van der Waals surface area contributed by atoms with E-state index in [2.05, 4.69) is 12.1 Å². The number of hydrogen-bond donors (Lipinski definition) is 2. The second kappa shape index (κ2) is 5.67. The second-order valence-electron chi connectivity index (χ2n) is 4.87. The number of benzene rings is 3. The summed E-state index contributed by atoms with van der Waals surface area (Å²) in [5.74, 6) is 0.875. The SMILES string of the molecule is N=C(N)c1ccccc1COc1ccc2ccccc2c1. The molecule has 0 aliphatic rings. The van der Waals surface area contributed by atoms with Gasteiger partial charge in [0.1, 0.15) is 18.2 Å². The Morgan fingerprint density at radius 1 is 0.905 bits per heavy atom. The van der Waals surface area contributed by atoms with Crippen molar-refractivity contribution in [1.82, 2.24) is 0 Å². The molecule has 0 aromatic heterocycles. The third kappa shape index (κ3) is 2.87. The van der Waals surface area contributed by atoms with Gasteiger partial charge in [-0.2, -0.15) is 0 Å². The van der Waals surface area contributed by atoms with Gasteiger partial charge >= 0.3 is 0 Å². The van der Waals surface area contributed by atoms with Gasteiger partial charge < -0.3 is 10.5 Å². The van der Waals surface area contributed by atoms with Crippen molar-refractivity contribution >= 4 is 16.6 Å². The van der Waals surface area contributed by atoms with Gasteiger partial charge in [0.05, 0.1) is 0 Å². The van der Waals surface area contributed by atoms with Crippen molar-refractivity contribution in [2.24, 2.45) is 5.73 Å². The van der Waals surface area contributed by atoms with Crippen LogP contribution in [0.3, 0.4) is 0 Å². The minimum atomic E-state index is 0.0627. The summed E-state index contributed by atoms with van der Waals surface area (Å²) in [7, 11) is 0. The third-order valence-electron chi connectivity index (χ3n) is 3.42. The Morgan fingerprint density at radius 2 is 1.62 bits per heavy atom. The molecule has 0 atom stereocenters. The topological polar surface area (TPSA) is 59.1 Å². The predicted octanol–water partition coefficient (Wildman–Crippen LogP) is 3.70. The van der Waals surface area contributed by atoms with Crippen LogP contribution in [0.4, 0.5) is 0 Å². The maximum absolute atomic E-state index is 7.59. The molecule has 0 aliphatic carbocycles. The Hall–Kier alpha value is -2.81. The first-order valence-electron chi connectivity index (χ1n) is 6.78. The maximum Gasteiger partial charge on any atom is 0.123 e. The molecule has 3 nitrogen and oxygen atoms in total. The normalized spacial score (nSPS) is 10.5. The van der Waals surface area contributed by atoms with E-state index in [1.807, 2.05) is 54.6 Å². The molecule has 0 spiro atoms. The number of nitrogen functional groups attached to an aromatic ring is 1. The molecule has 0 unspecified atom stereocenters. The second-order valence-corrected chi connectivity index (χ2v) is 4.87. The van der Waals surface area contributed by atoms with Crippen LogP contribution >= 0.6 is 0 Å². The van der Waals surface area contributed by atoms with Gasteiger partial charge in [-0.05, 0) is 22.9 Å². The van der Waals surface area contributed by atoms with E-state index in [0.29, 0.717) is 6.61 Å². The van der Waals surface area contributed by atoms with E-state index in [-0.39, 0.29) is 5.84 Å². The fourth-order valence-corrected chi connectivity index (χ4v) is 2.33. The summed E-state index contributed by atoms with van der Waals surface area (Å²) in [6, 6.07) is 21.7. The van der Waals surface area contributed by atoms with Crippen LogP contribution in [0.2, 0.25) is 0 Å². The molecule has 3 N–H and O–H groups in total. The first-order valence-corrected chi connectivity index (χ1v) is 6.78. The molecule has 104 valence electrons. The van der Waals surface area contributed by atoms with Crippen LogP contribution in [-0.2, 0) is 6.61 Å². The highest BCUT2D eigenvalue weighted by molar-refractivity contribution is 5.96. The van der Waals surface area contributed by atoms with Crippen molar-refractivity contribution < 1.29 is 4.74 Å². The monoisotopic (exact) mass is 276 g/mol. The summed E-state index contributed by atoms with van der Waals surface area (Å²) in [5, 5.41) is 9.93. The van der Waals surface area contributed by atoms with Gasteiger partial charge in [-0.3, -0.25) is 5.41 Å². The lowest BCUT2D eigenvalue weighted by atomic mass is 10.1.